The van der Waals surface area contributed by atoms with Crippen molar-refractivity contribution in [3.63, 3.8) is 0 Å². The molecule has 3 aromatic carbocycles. The predicted octanol–water partition coefficient (Wildman–Crippen LogP) is 0.670. The van der Waals surface area contributed by atoms with Gasteiger partial charge in [-0.3, -0.25) is 4.79 Å². The Labute approximate surface area is 228 Å². The van der Waals surface area contributed by atoms with Crippen molar-refractivity contribution in [2.75, 3.05) is 6.79 Å². The number of aryl methyl sites for hydroxylation is 2. The summed E-state index contributed by atoms with van der Waals surface area (Å²) in [6.07, 6.45) is 0.0685. The number of hydrogen-bond acceptors (Lipinski definition) is 8. The van der Waals surface area contributed by atoms with Crippen LogP contribution in [0.2, 0.25) is 0 Å². The molecular weight excluding hydrogens is 475 g/mol. The number of carboxylic acids is 1. The molecule has 5 rings (SSSR count). The fraction of sp³-hybridized carbons (Fsp3) is 0.154. The van der Waals surface area contributed by atoms with Crippen molar-refractivity contribution in [2.24, 2.45) is 0 Å². The van der Waals surface area contributed by atoms with Crippen LogP contribution in [0.25, 0.3) is 16.6 Å². The van der Waals surface area contributed by atoms with E-state index in [4.69, 9.17) is 9.47 Å². The van der Waals surface area contributed by atoms with Gasteiger partial charge in [0.15, 0.2) is 17.3 Å². The average Bonchev–Trinajstić information content (AvgIpc) is 3.48. The third kappa shape index (κ3) is 5.01. The Hall–Kier alpha value is -3.04. The molecule has 2 heterocycles. The van der Waals surface area contributed by atoms with Gasteiger partial charge < -0.3 is 19.4 Å². The van der Waals surface area contributed by atoms with E-state index in [0.29, 0.717) is 39.2 Å². The van der Waals surface area contributed by atoms with Crippen LogP contribution in [0.4, 0.5) is 0 Å². The normalized spacial score (nSPS) is 12.7. The summed E-state index contributed by atoms with van der Waals surface area (Å²) in [4.78, 5) is 26.2. The molecule has 0 aliphatic carbocycles. The van der Waals surface area contributed by atoms with Crippen molar-refractivity contribution in [2.45, 2.75) is 20.3 Å². The summed E-state index contributed by atoms with van der Waals surface area (Å²) in [5.41, 5.74) is 4.61. The second kappa shape index (κ2) is 10.3. The number of hydrogen-bond donors (Lipinski definition) is 0. The molecule has 9 heteroatoms. The topological polar surface area (TPSA) is 101 Å². The van der Waals surface area contributed by atoms with E-state index in [2.05, 4.69) is 8.75 Å². The van der Waals surface area contributed by atoms with Crippen LogP contribution < -0.4 is 44.1 Å². The first-order valence-corrected chi connectivity index (χ1v) is 11.3. The van der Waals surface area contributed by atoms with Gasteiger partial charge in [-0.15, -0.1) is 0 Å². The molecule has 0 fully saturated rings. The molecule has 35 heavy (non-hydrogen) atoms. The van der Waals surface area contributed by atoms with Gasteiger partial charge in [-0.2, -0.15) is 8.75 Å². The van der Waals surface area contributed by atoms with Crippen LogP contribution in [0, 0.1) is 13.8 Å². The van der Waals surface area contributed by atoms with E-state index in [1.165, 1.54) is 0 Å². The Morgan fingerprint density at radius 1 is 0.886 bits per heavy atom. The molecule has 0 N–H and O–H groups in total. The number of ether oxygens (including phenoxy) is 2. The third-order valence-corrected chi connectivity index (χ3v) is 6.47. The molecule has 0 saturated heterocycles. The molecule has 0 unspecified atom stereocenters. The molecule has 0 atom stereocenters. The molecule has 7 nitrogen and oxygen atoms in total. The van der Waals surface area contributed by atoms with Crippen LogP contribution >= 0.6 is 11.7 Å². The standard InChI is InChI=1S/C26H20N2O5S.Na/c1-14-3-5-18(9-15(14)2)25(29)19(10-16-4-8-22-23(11-16)33-13-32-22)24(26(30)31)17-6-7-20-21(12-17)28-34-27-20;/h3-9,11-12H,10,13H2,1-2H3,(H,30,31);/q;+1/p-1/b24-19+;. The Morgan fingerprint density at radius 3 is 2.40 bits per heavy atom. The number of benzene rings is 3. The van der Waals surface area contributed by atoms with Gasteiger partial charge in [0.25, 0.3) is 0 Å². The van der Waals surface area contributed by atoms with Gasteiger partial charge in [-0.05, 0) is 66.4 Å². The van der Waals surface area contributed by atoms with E-state index in [1.54, 1.807) is 48.5 Å². The predicted molar refractivity (Wildman–Crippen MR) is 126 cm³/mol. The SMILES string of the molecule is Cc1ccc(C(=O)/C(Cc2ccc3c(c2)OCO3)=C(/C(=O)[O-])c2ccc3nsnc3c2)cc1C.[Na+]. The molecule has 0 amide bonds. The van der Waals surface area contributed by atoms with Crippen molar-refractivity contribution < 1.29 is 53.7 Å². The number of fused-ring (bicyclic) bond motifs is 2. The van der Waals surface area contributed by atoms with Crippen LogP contribution in [0.15, 0.2) is 60.2 Å². The van der Waals surface area contributed by atoms with Crippen molar-refractivity contribution >= 4 is 40.1 Å². The maximum absolute atomic E-state index is 13.7. The second-order valence-corrected chi connectivity index (χ2v) is 8.63. The summed E-state index contributed by atoms with van der Waals surface area (Å²) < 4.78 is 19.2. The zero-order valence-corrected chi connectivity index (χ0v) is 22.3. The van der Waals surface area contributed by atoms with Crippen molar-refractivity contribution in [1.29, 1.82) is 0 Å². The van der Waals surface area contributed by atoms with Crippen molar-refractivity contribution in [1.82, 2.24) is 8.75 Å². The molecule has 4 aromatic rings. The van der Waals surface area contributed by atoms with Crippen LogP contribution in [0.1, 0.15) is 32.6 Å². The monoisotopic (exact) mass is 494 g/mol. The molecule has 1 aromatic heterocycles. The summed E-state index contributed by atoms with van der Waals surface area (Å²) in [6.45, 7) is 3.99. The molecule has 0 radical (unpaired) electrons. The number of rotatable bonds is 6. The number of nitrogens with zero attached hydrogens (tertiary/aromatic N) is 2. The van der Waals surface area contributed by atoms with Crippen LogP contribution in [-0.4, -0.2) is 27.3 Å². The smallest absolute Gasteiger partial charge is 0.545 e. The first-order valence-electron chi connectivity index (χ1n) is 10.6. The van der Waals surface area contributed by atoms with Gasteiger partial charge in [0, 0.05) is 23.1 Å². The van der Waals surface area contributed by atoms with Crippen molar-refractivity contribution in [3.05, 3.63) is 88.0 Å². The average molecular weight is 495 g/mol. The zero-order valence-electron chi connectivity index (χ0n) is 19.5. The number of carbonyl (C=O) groups excluding carboxylic acids is 2. The molecule has 0 spiro atoms. The molecule has 1 aliphatic rings. The number of carbonyl (C=O) groups is 2. The maximum Gasteiger partial charge on any atom is 1.00 e. The number of Topliss-reactive ketones (excluding diaryl/α,β-unsaturated/α-hetero) is 1. The Bertz CT molecular complexity index is 1490. The summed E-state index contributed by atoms with van der Waals surface area (Å²) in [5, 5.41) is 12.5. The van der Waals surface area contributed by atoms with E-state index in [0.717, 1.165) is 22.9 Å². The summed E-state index contributed by atoms with van der Waals surface area (Å²) in [5.74, 6) is -0.649. The molecule has 1 aliphatic heterocycles. The minimum Gasteiger partial charge on any atom is -0.545 e. The van der Waals surface area contributed by atoms with Gasteiger partial charge >= 0.3 is 29.6 Å². The van der Waals surface area contributed by atoms with Gasteiger partial charge in [0.2, 0.25) is 6.79 Å². The third-order valence-electron chi connectivity index (χ3n) is 5.91. The van der Waals surface area contributed by atoms with E-state index in [-0.39, 0.29) is 59.7 Å². The fourth-order valence-electron chi connectivity index (χ4n) is 3.95. The zero-order chi connectivity index (χ0) is 23.8. The number of carboxylic acid groups (broad SMARTS) is 1. The number of ketones is 1. The summed E-state index contributed by atoms with van der Waals surface area (Å²) >= 11 is 1.04. The summed E-state index contributed by atoms with van der Waals surface area (Å²) in [6, 6.07) is 15.6. The Morgan fingerprint density at radius 2 is 1.63 bits per heavy atom. The Balaban J connectivity index is 0.00000289. The van der Waals surface area contributed by atoms with Gasteiger partial charge in [0.05, 0.1) is 17.7 Å². The van der Waals surface area contributed by atoms with Gasteiger partial charge in [0.1, 0.15) is 11.0 Å². The van der Waals surface area contributed by atoms with Crippen LogP contribution in [0.5, 0.6) is 11.5 Å². The van der Waals surface area contributed by atoms with Gasteiger partial charge in [-0.1, -0.05) is 24.3 Å². The number of aliphatic carboxylic acids is 1. The quantitative estimate of drug-likeness (QED) is 0.221. The van der Waals surface area contributed by atoms with E-state index < -0.39 is 5.97 Å². The number of allylic oxidation sites excluding steroid dienone is 1. The minimum absolute atomic E-state index is 0. The van der Waals surface area contributed by atoms with E-state index in [9.17, 15) is 14.7 Å². The largest absolute Gasteiger partial charge is 1.00 e. The Kier molecular flexibility index (Phi) is 7.37. The number of aromatic nitrogens is 2. The summed E-state index contributed by atoms with van der Waals surface area (Å²) in [7, 11) is 0. The van der Waals surface area contributed by atoms with E-state index in [1.807, 2.05) is 19.9 Å². The first-order chi connectivity index (χ1) is 16.4. The molecular formula is C26H19N2NaO5S. The van der Waals surface area contributed by atoms with Gasteiger partial charge in [-0.25, -0.2) is 0 Å². The van der Waals surface area contributed by atoms with Crippen molar-refractivity contribution in [3.8, 4) is 11.5 Å². The second-order valence-electron chi connectivity index (χ2n) is 8.10. The molecule has 0 bridgehead atoms. The minimum atomic E-state index is -1.43. The fourth-order valence-corrected chi connectivity index (χ4v) is 4.46. The maximum atomic E-state index is 13.7. The van der Waals surface area contributed by atoms with Crippen LogP contribution in [0.3, 0.4) is 0 Å². The first kappa shape index (κ1) is 25.1. The molecule has 170 valence electrons. The molecule has 0 saturated carbocycles. The van der Waals surface area contributed by atoms with Crippen LogP contribution in [-0.2, 0) is 11.2 Å². The van der Waals surface area contributed by atoms with E-state index >= 15 is 0 Å².